The molecule has 0 unspecified atom stereocenters. The smallest absolute Gasteiger partial charge is 0.374 e. The maximum Gasteiger partial charge on any atom is 0.374 e. The van der Waals surface area contributed by atoms with Crippen molar-refractivity contribution in [1.29, 1.82) is 0 Å². The van der Waals surface area contributed by atoms with E-state index in [4.69, 9.17) is 4.42 Å². The molecule has 6 nitrogen and oxygen atoms in total. The second kappa shape index (κ2) is 5.08. The lowest BCUT2D eigenvalue weighted by Gasteiger charge is -2.08. The minimum atomic E-state index is -0.930. The van der Waals surface area contributed by atoms with E-state index in [1.165, 1.54) is 18.2 Å². The number of allylic oxidation sites excluding steroid dienone is 1. The summed E-state index contributed by atoms with van der Waals surface area (Å²) in [5, 5.41) is 19.8. The second-order valence-electron chi connectivity index (χ2n) is 4.08. The van der Waals surface area contributed by atoms with Gasteiger partial charge in [0.1, 0.15) is 5.39 Å². The molecule has 2 rings (SSSR count). The van der Waals surface area contributed by atoms with Crippen LogP contribution < -0.4 is 5.63 Å². The average Bonchev–Trinajstić information content (AvgIpc) is 2.43. The quantitative estimate of drug-likeness (QED) is 0.503. The lowest BCUT2D eigenvalue weighted by molar-refractivity contribution is 0.0560. The van der Waals surface area contributed by atoms with Gasteiger partial charge in [0.25, 0.3) is 0 Å². The van der Waals surface area contributed by atoms with Gasteiger partial charge in [-0.2, -0.15) is 0 Å². The van der Waals surface area contributed by atoms with E-state index in [0.717, 1.165) is 7.11 Å². The molecule has 1 aromatic heterocycles. The average molecular weight is 276 g/mol. The summed E-state index contributed by atoms with van der Waals surface area (Å²) in [7, 11) is 1.16. The molecular weight excluding hydrogens is 264 g/mol. The summed E-state index contributed by atoms with van der Waals surface area (Å²) < 4.78 is 9.23. The molecule has 2 aromatic rings. The van der Waals surface area contributed by atoms with Crippen molar-refractivity contribution in [3.63, 3.8) is 0 Å². The molecule has 1 aromatic carbocycles. The van der Waals surface area contributed by atoms with E-state index < -0.39 is 23.1 Å². The molecule has 0 aliphatic rings. The van der Waals surface area contributed by atoms with Gasteiger partial charge in [0.05, 0.1) is 7.11 Å². The number of fused-ring (bicyclic) bond motifs is 1. The van der Waals surface area contributed by atoms with Crippen LogP contribution in [-0.4, -0.2) is 23.3 Å². The van der Waals surface area contributed by atoms with Gasteiger partial charge in [0, 0.05) is 5.56 Å². The first-order valence-corrected chi connectivity index (χ1v) is 5.70. The fourth-order valence-electron chi connectivity index (χ4n) is 1.90. The molecule has 0 aliphatic carbocycles. The Labute approximate surface area is 113 Å². The summed E-state index contributed by atoms with van der Waals surface area (Å²) >= 11 is 0. The van der Waals surface area contributed by atoms with Gasteiger partial charge in [0.2, 0.25) is 5.76 Å². The number of phenols is 2. The van der Waals surface area contributed by atoms with E-state index in [2.05, 4.69) is 11.3 Å². The standard InChI is InChI=1S/C14H12O6/c1-3-4-7-5-8-6-9(13(17)19-2)20-14(18)10(8)12(16)11(7)15/h3,5-6,15-16H,1,4H2,2H3. The van der Waals surface area contributed by atoms with Crippen molar-refractivity contribution in [2.45, 2.75) is 6.42 Å². The van der Waals surface area contributed by atoms with Crippen LogP contribution in [-0.2, 0) is 11.2 Å². The van der Waals surface area contributed by atoms with Crippen LogP contribution in [0.3, 0.4) is 0 Å². The third kappa shape index (κ3) is 2.11. The highest BCUT2D eigenvalue weighted by Gasteiger charge is 2.18. The first-order valence-electron chi connectivity index (χ1n) is 5.70. The van der Waals surface area contributed by atoms with Crippen LogP contribution in [0.15, 0.2) is 34.0 Å². The van der Waals surface area contributed by atoms with E-state index >= 15 is 0 Å². The number of hydrogen-bond acceptors (Lipinski definition) is 6. The van der Waals surface area contributed by atoms with Crippen LogP contribution in [0.1, 0.15) is 16.1 Å². The zero-order valence-corrected chi connectivity index (χ0v) is 10.7. The van der Waals surface area contributed by atoms with Gasteiger partial charge in [-0.1, -0.05) is 6.08 Å². The molecule has 0 amide bonds. The number of phenolic OH excluding ortho intramolecular Hbond substituents is 2. The fraction of sp³-hybridized carbons (Fsp3) is 0.143. The van der Waals surface area contributed by atoms with Crippen molar-refractivity contribution in [2.24, 2.45) is 0 Å². The Morgan fingerprint density at radius 1 is 1.40 bits per heavy atom. The highest BCUT2D eigenvalue weighted by atomic mass is 16.5. The van der Waals surface area contributed by atoms with Crippen LogP contribution in [0, 0.1) is 0 Å². The summed E-state index contributed by atoms with van der Waals surface area (Å²) in [6.07, 6.45) is 1.83. The van der Waals surface area contributed by atoms with Crippen molar-refractivity contribution in [2.75, 3.05) is 7.11 Å². The maximum atomic E-state index is 11.8. The van der Waals surface area contributed by atoms with Crippen LogP contribution in [0.5, 0.6) is 11.5 Å². The maximum absolute atomic E-state index is 11.8. The SMILES string of the molecule is C=CCc1cc2cc(C(=O)OC)oc(=O)c2c(O)c1O. The molecule has 0 fully saturated rings. The fourth-order valence-corrected chi connectivity index (χ4v) is 1.90. The van der Waals surface area contributed by atoms with Crippen molar-refractivity contribution in [1.82, 2.24) is 0 Å². The number of hydrogen-bond donors (Lipinski definition) is 2. The van der Waals surface area contributed by atoms with Gasteiger partial charge in [-0.3, -0.25) is 0 Å². The number of ether oxygens (including phenoxy) is 1. The van der Waals surface area contributed by atoms with E-state index in [9.17, 15) is 19.8 Å². The number of carbonyl (C=O) groups is 1. The van der Waals surface area contributed by atoms with E-state index in [0.29, 0.717) is 12.0 Å². The van der Waals surface area contributed by atoms with Gasteiger partial charge in [-0.25, -0.2) is 9.59 Å². The van der Waals surface area contributed by atoms with Crippen LogP contribution in [0.25, 0.3) is 10.8 Å². The molecular formula is C14H12O6. The molecule has 0 saturated carbocycles. The number of esters is 1. The van der Waals surface area contributed by atoms with Crippen LogP contribution in [0.4, 0.5) is 0 Å². The first-order chi connectivity index (χ1) is 9.49. The van der Waals surface area contributed by atoms with Gasteiger partial charge in [0.15, 0.2) is 11.5 Å². The van der Waals surface area contributed by atoms with Crippen molar-refractivity contribution in [3.05, 3.63) is 46.5 Å². The minimum absolute atomic E-state index is 0.192. The summed E-state index contributed by atoms with van der Waals surface area (Å²) in [6, 6.07) is 2.75. The Kier molecular flexibility index (Phi) is 3.47. The molecule has 0 aliphatic heterocycles. The minimum Gasteiger partial charge on any atom is -0.504 e. The molecule has 0 saturated heterocycles. The lowest BCUT2D eigenvalue weighted by atomic mass is 10.0. The van der Waals surface area contributed by atoms with Crippen molar-refractivity contribution in [3.8, 4) is 11.5 Å². The van der Waals surface area contributed by atoms with Crippen molar-refractivity contribution >= 4 is 16.7 Å². The number of rotatable bonds is 3. The Balaban J connectivity index is 2.82. The first kappa shape index (κ1) is 13.7. The molecule has 20 heavy (non-hydrogen) atoms. The predicted octanol–water partition coefficient (Wildman–Crippen LogP) is 1.72. The van der Waals surface area contributed by atoms with Gasteiger partial charge in [-0.15, -0.1) is 6.58 Å². The molecule has 104 valence electrons. The monoisotopic (exact) mass is 276 g/mol. The number of aromatic hydroxyl groups is 2. The number of benzene rings is 1. The van der Waals surface area contributed by atoms with E-state index in [1.54, 1.807) is 0 Å². The third-order valence-electron chi connectivity index (χ3n) is 2.83. The topological polar surface area (TPSA) is 97.0 Å². The van der Waals surface area contributed by atoms with Crippen molar-refractivity contribution < 1.29 is 24.2 Å². The lowest BCUT2D eigenvalue weighted by Crippen LogP contribution is -2.08. The summed E-state index contributed by atoms with van der Waals surface area (Å²) in [5.74, 6) is -2.07. The molecule has 2 N–H and O–H groups in total. The molecule has 0 spiro atoms. The largest absolute Gasteiger partial charge is 0.504 e. The predicted molar refractivity (Wildman–Crippen MR) is 71.1 cm³/mol. The molecule has 0 atom stereocenters. The zero-order valence-electron chi connectivity index (χ0n) is 10.7. The number of methoxy groups -OCH3 is 1. The van der Waals surface area contributed by atoms with Crippen LogP contribution in [0.2, 0.25) is 0 Å². The summed E-state index contributed by atoms with van der Waals surface area (Å²) in [5.41, 5.74) is -0.549. The Morgan fingerprint density at radius 3 is 2.70 bits per heavy atom. The Hall–Kier alpha value is -2.76. The zero-order chi connectivity index (χ0) is 14.9. The third-order valence-corrected chi connectivity index (χ3v) is 2.83. The second-order valence-corrected chi connectivity index (χ2v) is 4.08. The summed E-state index contributed by atoms with van der Waals surface area (Å²) in [6.45, 7) is 3.54. The highest BCUT2D eigenvalue weighted by Crippen LogP contribution is 2.36. The molecule has 6 heteroatoms. The Bertz CT molecular complexity index is 756. The van der Waals surface area contributed by atoms with Gasteiger partial charge < -0.3 is 19.4 Å². The van der Waals surface area contributed by atoms with Gasteiger partial charge in [-0.05, 0) is 23.9 Å². The molecule has 1 heterocycles. The van der Waals surface area contributed by atoms with E-state index in [-0.39, 0.29) is 16.5 Å². The number of carbonyl (C=O) groups excluding carboxylic acids is 1. The highest BCUT2D eigenvalue weighted by molar-refractivity contribution is 5.95. The van der Waals surface area contributed by atoms with Gasteiger partial charge >= 0.3 is 11.6 Å². The van der Waals surface area contributed by atoms with E-state index in [1.807, 2.05) is 0 Å². The normalized spacial score (nSPS) is 10.4. The molecule has 0 bridgehead atoms. The Morgan fingerprint density at radius 2 is 2.10 bits per heavy atom. The molecule has 0 radical (unpaired) electrons. The summed E-state index contributed by atoms with van der Waals surface area (Å²) in [4.78, 5) is 23.2. The van der Waals surface area contributed by atoms with Crippen LogP contribution >= 0.6 is 0 Å².